The van der Waals surface area contributed by atoms with Gasteiger partial charge in [0.1, 0.15) is 0 Å². The van der Waals surface area contributed by atoms with Gasteiger partial charge in [0.15, 0.2) is 5.78 Å². The van der Waals surface area contributed by atoms with E-state index >= 15 is 0 Å². The third kappa shape index (κ3) is 2.84. The van der Waals surface area contributed by atoms with Crippen LogP contribution in [0.2, 0.25) is 0 Å². The second kappa shape index (κ2) is 4.83. The zero-order valence-corrected chi connectivity index (χ0v) is 9.55. The van der Waals surface area contributed by atoms with Crippen molar-refractivity contribution >= 4 is 17.3 Å². The monoisotopic (exact) mass is 226 g/mol. The molecular formula is C10H14N2O2S. The van der Waals surface area contributed by atoms with Gasteiger partial charge in [-0.2, -0.15) is 4.37 Å². The van der Waals surface area contributed by atoms with E-state index in [0.29, 0.717) is 6.54 Å². The molecule has 1 aliphatic rings. The zero-order valence-electron chi connectivity index (χ0n) is 8.73. The summed E-state index contributed by atoms with van der Waals surface area (Å²) in [5.74, 6) is 0.169. The average molecular weight is 226 g/mol. The Kier molecular flexibility index (Phi) is 3.45. The van der Waals surface area contributed by atoms with Gasteiger partial charge in [-0.1, -0.05) is 0 Å². The van der Waals surface area contributed by atoms with Crippen molar-refractivity contribution in [2.75, 3.05) is 32.8 Å². The number of ether oxygens (including phenoxy) is 1. The van der Waals surface area contributed by atoms with Crippen molar-refractivity contribution in [3.63, 3.8) is 0 Å². The lowest BCUT2D eigenvalue weighted by Gasteiger charge is -2.25. The third-order valence-electron chi connectivity index (χ3n) is 2.37. The summed E-state index contributed by atoms with van der Waals surface area (Å²) in [5, 5.41) is 0. The molecule has 1 aromatic rings. The molecule has 0 saturated carbocycles. The minimum absolute atomic E-state index is 0.169. The van der Waals surface area contributed by atoms with Crippen LogP contribution in [-0.2, 0) is 4.74 Å². The summed E-state index contributed by atoms with van der Waals surface area (Å²) in [5.41, 5.74) is 0.922. The van der Waals surface area contributed by atoms with Gasteiger partial charge in [0, 0.05) is 13.1 Å². The van der Waals surface area contributed by atoms with Gasteiger partial charge in [-0.3, -0.25) is 9.69 Å². The molecule has 82 valence electrons. The topological polar surface area (TPSA) is 42.4 Å². The number of Topliss-reactive ketones (excluding diaryl/α,β-unsaturated/α-hetero) is 1. The largest absolute Gasteiger partial charge is 0.379 e. The first kappa shape index (κ1) is 10.7. The third-order valence-corrected chi connectivity index (χ3v) is 3.30. The number of carbonyl (C=O) groups is 1. The number of hydrogen-bond donors (Lipinski definition) is 0. The number of rotatable bonds is 3. The number of ketones is 1. The second-order valence-corrected chi connectivity index (χ2v) is 4.45. The van der Waals surface area contributed by atoms with Crippen LogP contribution < -0.4 is 0 Å². The number of carbonyl (C=O) groups excluding carboxylic acids is 1. The summed E-state index contributed by atoms with van der Waals surface area (Å²) in [6, 6.07) is 1.85. The molecule has 1 aromatic heterocycles. The van der Waals surface area contributed by atoms with E-state index in [1.54, 1.807) is 0 Å². The Morgan fingerprint density at radius 1 is 1.60 bits per heavy atom. The lowest BCUT2D eigenvalue weighted by Crippen LogP contribution is -2.39. The molecule has 1 aliphatic heterocycles. The second-order valence-electron chi connectivity index (χ2n) is 3.64. The zero-order chi connectivity index (χ0) is 10.7. The van der Waals surface area contributed by atoms with Crippen LogP contribution in [-0.4, -0.2) is 47.9 Å². The van der Waals surface area contributed by atoms with Crippen molar-refractivity contribution in [2.45, 2.75) is 6.92 Å². The number of nitrogens with zero attached hydrogens (tertiary/aromatic N) is 2. The molecule has 0 radical (unpaired) electrons. The van der Waals surface area contributed by atoms with Crippen LogP contribution in [0.5, 0.6) is 0 Å². The van der Waals surface area contributed by atoms with Gasteiger partial charge in [-0.25, -0.2) is 0 Å². The highest BCUT2D eigenvalue weighted by atomic mass is 32.1. The molecule has 2 heterocycles. The van der Waals surface area contributed by atoms with Crippen LogP contribution in [0.1, 0.15) is 15.4 Å². The fourth-order valence-corrected chi connectivity index (χ4v) is 2.22. The van der Waals surface area contributed by atoms with Crippen LogP contribution in [0.15, 0.2) is 6.07 Å². The molecule has 0 spiro atoms. The van der Waals surface area contributed by atoms with Crippen LogP contribution in [0.3, 0.4) is 0 Å². The standard InChI is InChI=1S/C10H14N2O2S/c1-8-6-10(15-11-8)9(13)7-12-2-4-14-5-3-12/h6H,2-5,7H2,1H3. The molecule has 0 aromatic carbocycles. The molecule has 0 aliphatic carbocycles. The summed E-state index contributed by atoms with van der Waals surface area (Å²) in [4.78, 5) is 14.7. The molecule has 0 atom stereocenters. The first-order chi connectivity index (χ1) is 7.25. The number of hydrogen-bond acceptors (Lipinski definition) is 5. The fourth-order valence-electron chi connectivity index (χ4n) is 1.54. The highest BCUT2D eigenvalue weighted by Crippen LogP contribution is 2.11. The molecule has 0 unspecified atom stereocenters. The molecule has 2 rings (SSSR count). The van der Waals surface area contributed by atoms with Crippen molar-refractivity contribution in [3.8, 4) is 0 Å². The minimum Gasteiger partial charge on any atom is -0.379 e. The molecule has 5 heteroatoms. The Balaban J connectivity index is 1.91. The van der Waals surface area contributed by atoms with E-state index in [9.17, 15) is 4.79 Å². The predicted octanol–water partition coefficient (Wildman–Crippen LogP) is 0.966. The smallest absolute Gasteiger partial charge is 0.188 e. The summed E-state index contributed by atoms with van der Waals surface area (Å²) >= 11 is 1.29. The lowest BCUT2D eigenvalue weighted by atomic mass is 10.2. The molecule has 15 heavy (non-hydrogen) atoms. The van der Waals surface area contributed by atoms with Crippen molar-refractivity contribution in [1.29, 1.82) is 0 Å². The molecule has 0 amide bonds. The number of aryl methyl sites for hydroxylation is 1. The van der Waals surface area contributed by atoms with Gasteiger partial charge < -0.3 is 4.74 Å². The summed E-state index contributed by atoms with van der Waals surface area (Å²) < 4.78 is 9.34. The summed E-state index contributed by atoms with van der Waals surface area (Å²) in [6.07, 6.45) is 0. The van der Waals surface area contributed by atoms with Gasteiger partial charge >= 0.3 is 0 Å². The Hall–Kier alpha value is -0.780. The van der Waals surface area contributed by atoms with Crippen molar-refractivity contribution in [3.05, 3.63) is 16.6 Å². The van der Waals surface area contributed by atoms with Gasteiger partial charge in [0.05, 0.1) is 30.3 Å². The number of morpholine rings is 1. The van der Waals surface area contributed by atoms with E-state index in [4.69, 9.17) is 4.74 Å². The summed E-state index contributed by atoms with van der Waals surface area (Å²) in [6.45, 7) is 5.56. The van der Waals surface area contributed by atoms with E-state index in [1.165, 1.54) is 11.5 Å². The Bertz CT molecular complexity index is 345. The van der Waals surface area contributed by atoms with E-state index in [2.05, 4.69) is 9.27 Å². The highest BCUT2D eigenvalue weighted by Gasteiger charge is 2.16. The first-order valence-electron chi connectivity index (χ1n) is 5.02. The molecule has 0 bridgehead atoms. The van der Waals surface area contributed by atoms with Crippen LogP contribution >= 0.6 is 11.5 Å². The molecular weight excluding hydrogens is 212 g/mol. The Labute approximate surface area is 93.0 Å². The maximum atomic E-state index is 11.8. The van der Waals surface area contributed by atoms with Crippen LogP contribution in [0, 0.1) is 6.92 Å². The Morgan fingerprint density at radius 2 is 2.33 bits per heavy atom. The van der Waals surface area contributed by atoms with Crippen molar-refractivity contribution in [2.24, 2.45) is 0 Å². The van der Waals surface area contributed by atoms with Crippen molar-refractivity contribution < 1.29 is 9.53 Å². The van der Waals surface area contributed by atoms with Crippen LogP contribution in [0.25, 0.3) is 0 Å². The number of aromatic nitrogens is 1. The van der Waals surface area contributed by atoms with Gasteiger partial charge in [-0.15, -0.1) is 0 Å². The first-order valence-corrected chi connectivity index (χ1v) is 5.79. The summed E-state index contributed by atoms with van der Waals surface area (Å²) in [7, 11) is 0. The fraction of sp³-hybridized carbons (Fsp3) is 0.600. The maximum Gasteiger partial charge on any atom is 0.188 e. The normalized spacial score (nSPS) is 17.9. The maximum absolute atomic E-state index is 11.8. The highest BCUT2D eigenvalue weighted by molar-refractivity contribution is 7.08. The quantitative estimate of drug-likeness (QED) is 0.720. The van der Waals surface area contributed by atoms with E-state index in [0.717, 1.165) is 36.9 Å². The van der Waals surface area contributed by atoms with Crippen molar-refractivity contribution in [1.82, 2.24) is 9.27 Å². The van der Waals surface area contributed by atoms with Gasteiger partial charge in [0.25, 0.3) is 0 Å². The van der Waals surface area contributed by atoms with E-state index in [1.807, 2.05) is 13.0 Å². The SMILES string of the molecule is Cc1cc(C(=O)CN2CCOCC2)sn1. The van der Waals surface area contributed by atoms with E-state index < -0.39 is 0 Å². The predicted molar refractivity (Wildman–Crippen MR) is 58.4 cm³/mol. The molecule has 0 N–H and O–H groups in total. The van der Waals surface area contributed by atoms with Gasteiger partial charge in [-0.05, 0) is 24.5 Å². The minimum atomic E-state index is 0.169. The molecule has 1 fully saturated rings. The Morgan fingerprint density at radius 3 is 2.93 bits per heavy atom. The average Bonchev–Trinajstić information content (AvgIpc) is 2.66. The van der Waals surface area contributed by atoms with Gasteiger partial charge in [0.2, 0.25) is 0 Å². The molecule has 4 nitrogen and oxygen atoms in total. The molecule has 1 saturated heterocycles. The van der Waals surface area contributed by atoms with E-state index in [-0.39, 0.29) is 5.78 Å². The van der Waals surface area contributed by atoms with Crippen LogP contribution in [0.4, 0.5) is 0 Å². The lowest BCUT2D eigenvalue weighted by molar-refractivity contribution is 0.0372.